The second-order valence-electron chi connectivity index (χ2n) is 7.94. The van der Waals surface area contributed by atoms with E-state index >= 15 is 0 Å². The van der Waals surface area contributed by atoms with Crippen LogP contribution in [0.1, 0.15) is 36.5 Å². The highest BCUT2D eigenvalue weighted by Gasteiger charge is 2.41. The van der Waals surface area contributed by atoms with Crippen molar-refractivity contribution in [1.29, 1.82) is 0 Å². The van der Waals surface area contributed by atoms with Gasteiger partial charge in [0.1, 0.15) is 11.5 Å². The standard InChI is InChI=1S/C20H28N6O3/c1-2-24-10-12-25(13-11-24)17(28)14-26-9-7-20(6-5-16(26)27)22-18-15(19(29)23-20)4-3-8-21-18/h3-4,8H,2,5-7,9-14H2,1H3,(H,21,22)(H,23,29). The molecule has 3 amide bonds. The molecule has 0 radical (unpaired) electrons. The van der Waals surface area contributed by atoms with Gasteiger partial charge in [0.25, 0.3) is 5.91 Å². The molecule has 9 heteroatoms. The van der Waals surface area contributed by atoms with Gasteiger partial charge in [0.15, 0.2) is 0 Å². The van der Waals surface area contributed by atoms with Crippen LogP contribution in [0, 0.1) is 0 Å². The first kappa shape index (κ1) is 19.6. The van der Waals surface area contributed by atoms with Crippen LogP contribution in [0.3, 0.4) is 0 Å². The lowest BCUT2D eigenvalue weighted by Crippen LogP contribution is -2.58. The Labute approximate surface area is 170 Å². The lowest BCUT2D eigenvalue weighted by molar-refractivity contribution is -0.141. The average molecular weight is 400 g/mol. The Hall–Kier alpha value is -2.68. The molecule has 1 atom stereocenters. The van der Waals surface area contributed by atoms with Crippen LogP contribution in [0.15, 0.2) is 18.3 Å². The number of hydrogen-bond acceptors (Lipinski definition) is 6. The zero-order valence-corrected chi connectivity index (χ0v) is 16.8. The summed E-state index contributed by atoms with van der Waals surface area (Å²) in [7, 11) is 0. The number of fused-ring (bicyclic) bond motifs is 1. The predicted molar refractivity (Wildman–Crippen MR) is 107 cm³/mol. The lowest BCUT2D eigenvalue weighted by Gasteiger charge is -2.39. The van der Waals surface area contributed by atoms with Crippen molar-refractivity contribution in [3.05, 3.63) is 23.9 Å². The fourth-order valence-electron chi connectivity index (χ4n) is 4.28. The van der Waals surface area contributed by atoms with E-state index in [1.165, 1.54) is 0 Å². The number of likely N-dealkylation sites (N-methyl/N-ethyl adjacent to an activating group) is 1. The normalized spacial score (nSPS) is 25.3. The van der Waals surface area contributed by atoms with E-state index in [4.69, 9.17) is 0 Å². The molecule has 0 saturated carbocycles. The van der Waals surface area contributed by atoms with E-state index in [1.54, 1.807) is 23.2 Å². The van der Waals surface area contributed by atoms with Crippen molar-refractivity contribution >= 4 is 23.5 Å². The van der Waals surface area contributed by atoms with Gasteiger partial charge in [-0.05, 0) is 25.1 Å². The molecule has 1 spiro atoms. The summed E-state index contributed by atoms with van der Waals surface area (Å²) in [6, 6.07) is 3.45. The van der Waals surface area contributed by atoms with Gasteiger partial charge in [0, 0.05) is 51.8 Å². The van der Waals surface area contributed by atoms with Crippen molar-refractivity contribution in [1.82, 2.24) is 25.0 Å². The molecular weight excluding hydrogens is 372 g/mol. The Balaban J connectivity index is 1.39. The van der Waals surface area contributed by atoms with Crippen LogP contribution in [0.2, 0.25) is 0 Å². The number of nitrogens with one attached hydrogen (secondary N) is 2. The highest BCUT2D eigenvalue weighted by atomic mass is 16.2. The molecule has 0 aromatic carbocycles. The third kappa shape index (κ3) is 4.05. The Morgan fingerprint density at radius 1 is 1.14 bits per heavy atom. The Bertz CT molecular complexity index is 807. The van der Waals surface area contributed by atoms with Crippen molar-refractivity contribution in [2.24, 2.45) is 0 Å². The SMILES string of the molecule is CCN1CCN(C(=O)CN2CCC3(CCC2=O)NC(=O)c2cccnc2N3)CC1. The number of pyridine rings is 1. The van der Waals surface area contributed by atoms with Crippen LogP contribution in [0.4, 0.5) is 5.82 Å². The Morgan fingerprint density at radius 2 is 1.93 bits per heavy atom. The third-order valence-corrected chi connectivity index (χ3v) is 6.19. The fraction of sp³-hybridized carbons (Fsp3) is 0.600. The number of carbonyl (C=O) groups excluding carboxylic acids is 3. The molecule has 1 unspecified atom stereocenters. The maximum Gasteiger partial charge on any atom is 0.256 e. The molecule has 2 fully saturated rings. The quantitative estimate of drug-likeness (QED) is 0.748. The molecule has 156 valence electrons. The van der Waals surface area contributed by atoms with Gasteiger partial charge in [0.05, 0.1) is 12.1 Å². The number of carbonyl (C=O) groups is 3. The maximum absolute atomic E-state index is 12.7. The van der Waals surface area contributed by atoms with E-state index < -0.39 is 5.66 Å². The van der Waals surface area contributed by atoms with Gasteiger partial charge in [-0.3, -0.25) is 14.4 Å². The number of likely N-dealkylation sites (tertiary alicyclic amines) is 1. The number of aromatic nitrogens is 1. The van der Waals surface area contributed by atoms with E-state index in [1.807, 2.05) is 4.90 Å². The molecule has 2 saturated heterocycles. The maximum atomic E-state index is 12.7. The van der Waals surface area contributed by atoms with E-state index in [0.717, 1.165) is 19.6 Å². The molecule has 0 bridgehead atoms. The summed E-state index contributed by atoms with van der Waals surface area (Å²) < 4.78 is 0. The number of amides is 3. The van der Waals surface area contributed by atoms with Gasteiger partial charge in [-0.15, -0.1) is 0 Å². The average Bonchev–Trinajstić information content (AvgIpc) is 2.88. The van der Waals surface area contributed by atoms with Crippen molar-refractivity contribution in [2.45, 2.75) is 31.8 Å². The number of anilines is 1. The third-order valence-electron chi connectivity index (χ3n) is 6.19. The molecule has 1 aromatic heterocycles. The van der Waals surface area contributed by atoms with E-state index in [0.29, 0.717) is 43.9 Å². The minimum Gasteiger partial charge on any atom is -0.347 e. The second-order valence-corrected chi connectivity index (χ2v) is 7.94. The lowest BCUT2D eigenvalue weighted by atomic mass is 9.97. The van der Waals surface area contributed by atoms with Crippen LogP contribution in [0.25, 0.3) is 0 Å². The molecule has 0 aliphatic carbocycles. The molecule has 29 heavy (non-hydrogen) atoms. The molecule has 1 aromatic rings. The summed E-state index contributed by atoms with van der Waals surface area (Å²) in [4.78, 5) is 48.0. The van der Waals surface area contributed by atoms with Crippen molar-refractivity contribution in [3.63, 3.8) is 0 Å². The Morgan fingerprint density at radius 3 is 2.69 bits per heavy atom. The molecule has 2 N–H and O–H groups in total. The van der Waals surface area contributed by atoms with Gasteiger partial charge < -0.3 is 25.3 Å². The van der Waals surface area contributed by atoms with Crippen molar-refractivity contribution < 1.29 is 14.4 Å². The molecule has 3 aliphatic heterocycles. The Kier molecular flexibility index (Phi) is 5.40. The number of nitrogens with zero attached hydrogens (tertiary/aromatic N) is 4. The fourth-order valence-corrected chi connectivity index (χ4v) is 4.28. The topological polar surface area (TPSA) is 97.9 Å². The van der Waals surface area contributed by atoms with E-state index in [9.17, 15) is 14.4 Å². The minimum atomic E-state index is -0.710. The van der Waals surface area contributed by atoms with Crippen LogP contribution in [-0.2, 0) is 9.59 Å². The monoisotopic (exact) mass is 400 g/mol. The smallest absolute Gasteiger partial charge is 0.256 e. The highest BCUT2D eigenvalue weighted by molar-refractivity contribution is 6.01. The number of piperazine rings is 1. The summed E-state index contributed by atoms with van der Waals surface area (Å²) in [6.07, 6.45) is 2.90. The first-order valence-corrected chi connectivity index (χ1v) is 10.3. The van der Waals surface area contributed by atoms with Gasteiger partial charge in [-0.2, -0.15) is 0 Å². The van der Waals surface area contributed by atoms with Crippen LogP contribution < -0.4 is 10.6 Å². The van der Waals surface area contributed by atoms with E-state index in [2.05, 4.69) is 27.4 Å². The largest absolute Gasteiger partial charge is 0.347 e. The summed E-state index contributed by atoms with van der Waals surface area (Å²) >= 11 is 0. The first-order chi connectivity index (χ1) is 14.0. The summed E-state index contributed by atoms with van der Waals surface area (Å²) in [5, 5.41) is 6.36. The summed E-state index contributed by atoms with van der Waals surface area (Å²) in [5.41, 5.74) is -0.203. The van der Waals surface area contributed by atoms with Crippen LogP contribution in [-0.4, -0.2) is 88.9 Å². The number of rotatable bonds is 3. The van der Waals surface area contributed by atoms with Crippen LogP contribution >= 0.6 is 0 Å². The minimum absolute atomic E-state index is 0.00213. The summed E-state index contributed by atoms with van der Waals surface area (Å²) in [6.45, 7) is 6.79. The van der Waals surface area contributed by atoms with Gasteiger partial charge in [-0.25, -0.2) is 4.98 Å². The second kappa shape index (κ2) is 7.98. The zero-order chi connectivity index (χ0) is 20.4. The number of hydrogen-bond donors (Lipinski definition) is 2. The van der Waals surface area contributed by atoms with Gasteiger partial charge >= 0.3 is 0 Å². The van der Waals surface area contributed by atoms with Gasteiger partial charge in [0.2, 0.25) is 11.8 Å². The highest BCUT2D eigenvalue weighted by Crippen LogP contribution is 2.30. The van der Waals surface area contributed by atoms with Crippen molar-refractivity contribution in [3.8, 4) is 0 Å². The molecule has 4 rings (SSSR count). The first-order valence-electron chi connectivity index (χ1n) is 10.3. The summed E-state index contributed by atoms with van der Waals surface area (Å²) in [5.74, 6) is 0.308. The van der Waals surface area contributed by atoms with Crippen molar-refractivity contribution in [2.75, 3.05) is 51.1 Å². The molecule has 3 aliphatic rings. The molecule has 4 heterocycles. The zero-order valence-electron chi connectivity index (χ0n) is 16.8. The van der Waals surface area contributed by atoms with Crippen LogP contribution in [0.5, 0.6) is 0 Å². The van der Waals surface area contributed by atoms with Gasteiger partial charge in [-0.1, -0.05) is 6.92 Å². The predicted octanol–water partition coefficient (Wildman–Crippen LogP) is 0.110. The molecular formula is C20H28N6O3. The van der Waals surface area contributed by atoms with E-state index in [-0.39, 0.29) is 30.7 Å². The molecule has 9 nitrogen and oxygen atoms in total.